The minimum atomic E-state index is -3.66. The molecule has 4 saturated heterocycles. The number of halogens is 1. The minimum Gasteiger partial charge on any atom is -0.293 e. The summed E-state index contributed by atoms with van der Waals surface area (Å²) in [7, 11) is -3.66. The standard InChI is InChI=1S/C21H19ClN3O5P/c22-16-8-10-17(11-9-16)25-20(26)24(19-21(25)29-31(27,28-19)30-21)18-15(7-4-12-23-18)13-14-5-2-1-3-6-14/h1-3,5-11,18-19,23H,4,12-13H2. The number of anilines is 1. The fourth-order valence-electron chi connectivity index (χ4n) is 4.54. The maximum Gasteiger partial charge on any atom is 0.485 e. The van der Waals surface area contributed by atoms with Crippen LogP contribution in [0, 0.1) is 0 Å². The van der Waals surface area contributed by atoms with E-state index in [2.05, 4.69) is 11.4 Å². The molecule has 5 aliphatic heterocycles. The highest BCUT2D eigenvalue weighted by Crippen LogP contribution is 2.77. The van der Waals surface area contributed by atoms with Gasteiger partial charge in [0.2, 0.25) is 6.23 Å². The second-order valence-electron chi connectivity index (χ2n) is 7.81. The maximum absolute atomic E-state index is 13.7. The predicted octanol–water partition coefficient (Wildman–Crippen LogP) is 4.24. The maximum atomic E-state index is 13.7. The summed E-state index contributed by atoms with van der Waals surface area (Å²) in [6.07, 6.45) is 2.25. The molecule has 2 atom stereocenters. The molecule has 1 N–H and O–H groups in total. The molecular weight excluding hydrogens is 441 g/mol. The number of carbonyl (C=O) groups excluding carboxylic acids is 1. The third kappa shape index (κ3) is 2.91. The topological polar surface area (TPSA) is 80.3 Å². The first kappa shape index (κ1) is 19.5. The largest absolute Gasteiger partial charge is 0.485 e. The van der Waals surface area contributed by atoms with Crippen LogP contribution in [0.15, 0.2) is 66.2 Å². The molecule has 0 radical (unpaired) electrons. The van der Waals surface area contributed by atoms with Crippen molar-refractivity contribution in [3.63, 3.8) is 0 Å². The zero-order valence-corrected chi connectivity index (χ0v) is 18.0. The lowest BCUT2D eigenvalue weighted by Gasteiger charge is -2.38. The van der Waals surface area contributed by atoms with Crippen molar-refractivity contribution in [1.82, 2.24) is 10.2 Å². The van der Waals surface area contributed by atoms with Gasteiger partial charge in [-0.05, 0) is 48.2 Å². The van der Waals surface area contributed by atoms with Gasteiger partial charge in [-0.2, -0.15) is 0 Å². The van der Waals surface area contributed by atoms with Gasteiger partial charge in [0.25, 0.3) is 0 Å². The Hall–Kier alpha value is -2.19. The predicted molar refractivity (Wildman–Crippen MR) is 113 cm³/mol. The summed E-state index contributed by atoms with van der Waals surface area (Å²) in [5, 5.41) is 3.95. The molecule has 5 aliphatic rings. The van der Waals surface area contributed by atoms with E-state index in [4.69, 9.17) is 25.2 Å². The van der Waals surface area contributed by atoms with Crippen molar-refractivity contribution >= 4 is 31.1 Å². The highest BCUT2D eigenvalue weighted by molar-refractivity contribution is 7.50. The fourth-order valence-corrected chi connectivity index (χ4v) is 6.23. The fraction of sp³-hybridized carbons (Fsp3) is 0.286. The van der Waals surface area contributed by atoms with Crippen molar-refractivity contribution in [2.24, 2.45) is 0 Å². The molecule has 1 spiro atoms. The van der Waals surface area contributed by atoms with Crippen molar-refractivity contribution < 1.29 is 22.9 Å². The molecule has 7 rings (SSSR count). The number of phosphoric ester groups is 1. The van der Waals surface area contributed by atoms with Crippen molar-refractivity contribution in [2.75, 3.05) is 11.4 Å². The van der Waals surface area contributed by atoms with Crippen molar-refractivity contribution in [1.29, 1.82) is 0 Å². The van der Waals surface area contributed by atoms with Crippen LogP contribution in [0.5, 0.6) is 0 Å². The summed E-state index contributed by atoms with van der Waals surface area (Å²) < 4.78 is 29.3. The van der Waals surface area contributed by atoms with Crippen molar-refractivity contribution in [2.45, 2.75) is 31.1 Å². The zero-order chi connectivity index (χ0) is 21.2. The Bertz CT molecular complexity index is 1120. The molecule has 2 amide bonds. The first-order chi connectivity index (χ1) is 15.0. The van der Waals surface area contributed by atoms with Crippen molar-refractivity contribution in [3.8, 4) is 0 Å². The first-order valence-electron chi connectivity index (χ1n) is 10.0. The van der Waals surface area contributed by atoms with Crippen LogP contribution in [-0.2, 0) is 24.6 Å². The molecule has 0 aromatic heterocycles. The Labute approximate surface area is 183 Å². The smallest absolute Gasteiger partial charge is 0.293 e. The Morgan fingerprint density at radius 2 is 1.87 bits per heavy atom. The van der Waals surface area contributed by atoms with Crippen LogP contribution in [0.25, 0.3) is 0 Å². The summed E-state index contributed by atoms with van der Waals surface area (Å²) in [5.74, 6) is -1.57. The summed E-state index contributed by atoms with van der Waals surface area (Å²) in [6, 6.07) is 16.4. The van der Waals surface area contributed by atoms with Crippen LogP contribution in [0.3, 0.4) is 0 Å². The van der Waals surface area contributed by atoms with Crippen LogP contribution >= 0.6 is 19.4 Å². The number of rotatable bonds is 4. The Balaban J connectivity index is 1.38. The number of carbonyl (C=O) groups is 1. The number of amides is 2. The Morgan fingerprint density at radius 3 is 2.61 bits per heavy atom. The molecule has 0 saturated carbocycles. The normalized spacial score (nSPS) is 33.8. The number of phosphoric acid groups is 1. The molecule has 2 aromatic carbocycles. The van der Waals surface area contributed by atoms with Gasteiger partial charge >= 0.3 is 19.8 Å². The summed E-state index contributed by atoms with van der Waals surface area (Å²) in [5.41, 5.74) is 2.68. The van der Waals surface area contributed by atoms with E-state index in [9.17, 15) is 9.36 Å². The van der Waals surface area contributed by atoms with Gasteiger partial charge in [0, 0.05) is 11.6 Å². The lowest BCUT2D eigenvalue weighted by atomic mass is 9.98. The molecule has 160 valence electrons. The van der Waals surface area contributed by atoms with Crippen LogP contribution < -0.4 is 10.2 Å². The van der Waals surface area contributed by atoms with Gasteiger partial charge in [0.05, 0.1) is 5.69 Å². The van der Waals surface area contributed by atoms with E-state index in [0.717, 1.165) is 17.6 Å². The number of hydrogen-bond acceptors (Lipinski definition) is 6. The van der Waals surface area contributed by atoms with Crippen LogP contribution in [0.4, 0.5) is 10.5 Å². The van der Waals surface area contributed by atoms with Gasteiger partial charge in [-0.1, -0.05) is 48.0 Å². The minimum absolute atomic E-state index is 0.364. The second kappa shape index (κ2) is 6.90. The van der Waals surface area contributed by atoms with Gasteiger partial charge in [0.15, 0.2) is 0 Å². The summed E-state index contributed by atoms with van der Waals surface area (Å²) in [4.78, 5) is 16.5. The average molecular weight is 460 g/mol. The number of nitrogens with one attached hydrogen (secondary N) is 1. The molecule has 2 unspecified atom stereocenters. The molecule has 8 nitrogen and oxygen atoms in total. The molecule has 2 aromatic rings. The number of urea groups is 1. The van der Waals surface area contributed by atoms with Gasteiger partial charge in [-0.3, -0.25) is 14.7 Å². The third-order valence-electron chi connectivity index (χ3n) is 5.86. The second-order valence-corrected chi connectivity index (χ2v) is 9.71. The molecule has 4 fully saturated rings. The van der Waals surface area contributed by atoms with Gasteiger partial charge in [-0.15, -0.1) is 0 Å². The summed E-state index contributed by atoms with van der Waals surface area (Å²) >= 11 is 6.02. The van der Waals surface area contributed by atoms with E-state index in [1.54, 1.807) is 24.3 Å². The summed E-state index contributed by atoms with van der Waals surface area (Å²) in [6.45, 7) is 0.701. The van der Waals surface area contributed by atoms with E-state index in [-0.39, 0.29) is 6.03 Å². The van der Waals surface area contributed by atoms with Crippen LogP contribution in [0.2, 0.25) is 5.02 Å². The Kier molecular flexibility index (Phi) is 4.34. The van der Waals surface area contributed by atoms with Gasteiger partial charge in [-0.25, -0.2) is 23.3 Å². The zero-order valence-electron chi connectivity index (χ0n) is 16.3. The molecule has 31 heavy (non-hydrogen) atoms. The lowest BCUT2D eigenvalue weighted by Crippen LogP contribution is -2.56. The molecular formula is C21H19ClN3O5P. The monoisotopic (exact) mass is 459 g/mol. The highest BCUT2D eigenvalue weighted by Gasteiger charge is 2.82. The van der Waals surface area contributed by atoms with E-state index in [1.807, 2.05) is 30.3 Å². The molecule has 5 heterocycles. The Morgan fingerprint density at radius 1 is 1.13 bits per heavy atom. The van der Waals surface area contributed by atoms with Crippen molar-refractivity contribution in [3.05, 3.63) is 76.8 Å². The number of benzene rings is 2. The third-order valence-corrected chi connectivity index (χ3v) is 7.54. The quantitative estimate of drug-likeness (QED) is 0.544. The molecule has 0 aliphatic carbocycles. The highest BCUT2D eigenvalue weighted by atomic mass is 35.5. The first-order valence-corrected chi connectivity index (χ1v) is 11.9. The van der Waals surface area contributed by atoms with E-state index >= 15 is 0 Å². The average Bonchev–Trinajstić information content (AvgIpc) is 3.28. The van der Waals surface area contributed by atoms with Crippen LogP contribution in [0.1, 0.15) is 12.0 Å². The molecule has 10 heteroatoms. The number of hydrogen-bond donors (Lipinski definition) is 1. The van der Waals surface area contributed by atoms with E-state index < -0.39 is 26.1 Å². The number of nitrogens with zero attached hydrogens (tertiary/aromatic N) is 2. The SMILES string of the molecule is O=C1N(C2NCCC=C2Cc2ccccc2)C2OP3(=O)OC2(O3)N1c1ccc(Cl)cc1. The van der Waals surface area contributed by atoms with Gasteiger partial charge in [0.1, 0.15) is 6.17 Å². The molecule has 2 bridgehead atoms. The van der Waals surface area contributed by atoms with E-state index in [0.29, 0.717) is 23.7 Å². The lowest BCUT2D eigenvalue weighted by molar-refractivity contribution is -0.181. The van der Waals surface area contributed by atoms with E-state index in [1.165, 1.54) is 9.80 Å². The van der Waals surface area contributed by atoms with Crippen LogP contribution in [-0.4, -0.2) is 35.8 Å². The van der Waals surface area contributed by atoms with Gasteiger partial charge < -0.3 is 0 Å².